The van der Waals surface area contributed by atoms with Crippen molar-refractivity contribution in [1.29, 1.82) is 0 Å². The van der Waals surface area contributed by atoms with Crippen molar-refractivity contribution in [2.75, 3.05) is 7.05 Å². The summed E-state index contributed by atoms with van der Waals surface area (Å²) in [7, 11) is 1.83. The number of rotatable bonds is 3. The molecule has 0 aromatic carbocycles. The molecule has 0 amide bonds. The number of nitrogens with one attached hydrogen (secondary N) is 1. The molecule has 2 rings (SSSR count). The maximum atomic E-state index is 5.00. The summed E-state index contributed by atoms with van der Waals surface area (Å²) in [5, 5.41) is 8.59. The van der Waals surface area contributed by atoms with E-state index in [1.807, 2.05) is 12.4 Å². The van der Waals surface area contributed by atoms with Crippen LogP contribution in [0.25, 0.3) is 11.6 Å². The molecule has 0 aliphatic rings. The Morgan fingerprint density at radius 2 is 2.54 bits per heavy atom. The monoisotopic (exact) mass is 196 g/mol. The topological polar surface area (TPSA) is 63.8 Å². The van der Waals surface area contributed by atoms with Crippen LogP contribution in [0.4, 0.5) is 0 Å². The zero-order valence-corrected chi connectivity index (χ0v) is 7.84. The fourth-order valence-corrected chi connectivity index (χ4v) is 1.43. The van der Waals surface area contributed by atoms with Crippen molar-refractivity contribution in [2.24, 2.45) is 0 Å². The standard InChI is InChI=1S/C7H8N4OS/c1-8-2-6-10-7(12-11-6)5-3-13-4-9-5/h3-4,8H,2H2,1H3. The van der Waals surface area contributed by atoms with Crippen molar-refractivity contribution >= 4 is 11.3 Å². The van der Waals surface area contributed by atoms with E-state index in [9.17, 15) is 0 Å². The van der Waals surface area contributed by atoms with Gasteiger partial charge < -0.3 is 9.84 Å². The fraction of sp³-hybridized carbons (Fsp3) is 0.286. The molecule has 0 radical (unpaired) electrons. The summed E-state index contributed by atoms with van der Waals surface area (Å²) in [6.07, 6.45) is 0. The lowest BCUT2D eigenvalue weighted by molar-refractivity contribution is 0.420. The first-order valence-electron chi connectivity index (χ1n) is 3.76. The summed E-state index contributed by atoms with van der Waals surface area (Å²) < 4.78 is 5.00. The molecule has 0 unspecified atom stereocenters. The minimum absolute atomic E-state index is 0.478. The van der Waals surface area contributed by atoms with Gasteiger partial charge in [0.1, 0.15) is 5.69 Å². The molecule has 0 saturated carbocycles. The Balaban J connectivity index is 2.23. The summed E-state index contributed by atoms with van der Waals surface area (Å²) in [4.78, 5) is 8.21. The average molecular weight is 196 g/mol. The first-order valence-corrected chi connectivity index (χ1v) is 4.70. The average Bonchev–Trinajstić information content (AvgIpc) is 2.70. The molecule has 13 heavy (non-hydrogen) atoms. The molecule has 0 aliphatic heterocycles. The zero-order chi connectivity index (χ0) is 9.10. The van der Waals surface area contributed by atoms with E-state index in [1.165, 1.54) is 11.3 Å². The molecule has 0 aliphatic carbocycles. The molecule has 5 nitrogen and oxygen atoms in total. The normalized spacial score (nSPS) is 10.5. The van der Waals surface area contributed by atoms with E-state index in [2.05, 4.69) is 20.4 Å². The van der Waals surface area contributed by atoms with E-state index < -0.39 is 0 Å². The molecule has 2 aromatic rings. The predicted molar refractivity (Wildman–Crippen MR) is 48.2 cm³/mol. The number of nitrogens with zero attached hydrogens (tertiary/aromatic N) is 3. The Morgan fingerprint density at radius 1 is 1.62 bits per heavy atom. The Labute approximate surface area is 78.8 Å². The number of hydrogen-bond acceptors (Lipinski definition) is 6. The molecule has 2 aromatic heterocycles. The van der Waals surface area contributed by atoms with Crippen LogP contribution in [-0.2, 0) is 6.54 Å². The van der Waals surface area contributed by atoms with Crippen LogP contribution >= 0.6 is 11.3 Å². The van der Waals surface area contributed by atoms with Crippen LogP contribution in [0.1, 0.15) is 5.82 Å². The van der Waals surface area contributed by atoms with E-state index in [0.29, 0.717) is 18.3 Å². The summed E-state index contributed by atoms with van der Waals surface area (Å²) in [6, 6.07) is 0. The van der Waals surface area contributed by atoms with Crippen LogP contribution in [0, 0.1) is 0 Å². The highest BCUT2D eigenvalue weighted by Crippen LogP contribution is 2.15. The molecule has 0 atom stereocenters. The van der Waals surface area contributed by atoms with Gasteiger partial charge in [0.2, 0.25) is 0 Å². The minimum atomic E-state index is 0.478. The van der Waals surface area contributed by atoms with Crippen LogP contribution in [-0.4, -0.2) is 22.2 Å². The Morgan fingerprint density at radius 3 is 3.23 bits per heavy atom. The smallest absolute Gasteiger partial charge is 0.277 e. The van der Waals surface area contributed by atoms with E-state index in [-0.39, 0.29) is 0 Å². The highest BCUT2D eigenvalue weighted by Gasteiger charge is 2.08. The maximum Gasteiger partial charge on any atom is 0.277 e. The van der Waals surface area contributed by atoms with Gasteiger partial charge in [-0.3, -0.25) is 0 Å². The first kappa shape index (κ1) is 8.33. The number of thiazole rings is 1. The molecule has 0 bridgehead atoms. The van der Waals surface area contributed by atoms with E-state index in [1.54, 1.807) is 5.51 Å². The van der Waals surface area contributed by atoms with E-state index in [0.717, 1.165) is 5.69 Å². The third-order valence-electron chi connectivity index (χ3n) is 1.45. The molecule has 68 valence electrons. The van der Waals surface area contributed by atoms with Crippen LogP contribution in [0.3, 0.4) is 0 Å². The molecule has 0 saturated heterocycles. The van der Waals surface area contributed by atoms with Crippen LogP contribution < -0.4 is 5.32 Å². The summed E-state index contributed by atoms with van der Waals surface area (Å²) >= 11 is 1.50. The lowest BCUT2D eigenvalue weighted by Crippen LogP contribution is -2.06. The second-order valence-electron chi connectivity index (χ2n) is 2.42. The van der Waals surface area contributed by atoms with Gasteiger partial charge in [0.05, 0.1) is 12.1 Å². The van der Waals surface area contributed by atoms with Crippen molar-refractivity contribution in [1.82, 2.24) is 20.4 Å². The third-order valence-corrected chi connectivity index (χ3v) is 2.04. The van der Waals surface area contributed by atoms with E-state index in [4.69, 9.17) is 4.52 Å². The van der Waals surface area contributed by atoms with Gasteiger partial charge in [-0.15, -0.1) is 11.3 Å². The number of aromatic nitrogens is 3. The molecule has 1 N–H and O–H groups in total. The van der Waals surface area contributed by atoms with Gasteiger partial charge in [-0.2, -0.15) is 4.98 Å². The van der Waals surface area contributed by atoms with Gasteiger partial charge in [0.25, 0.3) is 5.89 Å². The second-order valence-corrected chi connectivity index (χ2v) is 3.14. The Kier molecular flexibility index (Phi) is 2.33. The Hall–Kier alpha value is -1.27. The molecular formula is C7H8N4OS. The quantitative estimate of drug-likeness (QED) is 0.790. The summed E-state index contributed by atoms with van der Waals surface area (Å²) in [5.41, 5.74) is 2.47. The van der Waals surface area contributed by atoms with Gasteiger partial charge in [-0.05, 0) is 7.05 Å². The van der Waals surface area contributed by atoms with E-state index >= 15 is 0 Å². The van der Waals surface area contributed by atoms with Crippen molar-refractivity contribution in [3.8, 4) is 11.6 Å². The van der Waals surface area contributed by atoms with Gasteiger partial charge in [-0.1, -0.05) is 5.16 Å². The van der Waals surface area contributed by atoms with Crippen LogP contribution in [0.2, 0.25) is 0 Å². The lowest BCUT2D eigenvalue weighted by Gasteiger charge is -1.86. The largest absolute Gasteiger partial charge is 0.332 e. The highest BCUT2D eigenvalue weighted by atomic mass is 32.1. The zero-order valence-electron chi connectivity index (χ0n) is 7.02. The van der Waals surface area contributed by atoms with Crippen molar-refractivity contribution < 1.29 is 4.52 Å². The van der Waals surface area contributed by atoms with Crippen molar-refractivity contribution in [3.63, 3.8) is 0 Å². The SMILES string of the molecule is CNCc1noc(-c2cscn2)n1. The molecule has 0 fully saturated rings. The number of hydrogen-bond donors (Lipinski definition) is 1. The van der Waals surface area contributed by atoms with Gasteiger partial charge in [0.15, 0.2) is 5.82 Å². The fourth-order valence-electron chi connectivity index (χ4n) is 0.906. The minimum Gasteiger partial charge on any atom is -0.332 e. The van der Waals surface area contributed by atoms with Gasteiger partial charge in [0, 0.05) is 5.38 Å². The first-order chi connectivity index (χ1) is 6.40. The van der Waals surface area contributed by atoms with Crippen LogP contribution in [0.15, 0.2) is 15.4 Å². The maximum absolute atomic E-state index is 5.00. The third kappa shape index (κ3) is 1.73. The molecule has 2 heterocycles. The van der Waals surface area contributed by atoms with Crippen LogP contribution in [0.5, 0.6) is 0 Å². The molecule has 0 spiro atoms. The van der Waals surface area contributed by atoms with Crippen molar-refractivity contribution in [3.05, 3.63) is 16.7 Å². The van der Waals surface area contributed by atoms with Crippen molar-refractivity contribution in [2.45, 2.75) is 6.54 Å². The summed E-state index contributed by atoms with van der Waals surface area (Å²) in [6.45, 7) is 0.605. The molecular weight excluding hydrogens is 188 g/mol. The Bertz CT molecular complexity index is 370. The highest BCUT2D eigenvalue weighted by molar-refractivity contribution is 7.07. The second kappa shape index (κ2) is 3.63. The molecule has 6 heteroatoms. The predicted octanol–water partition coefficient (Wildman–Crippen LogP) is 0.912. The summed E-state index contributed by atoms with van der Waals surface area (Å²) in [5.74, 6) is 1.12. The van der Waals surface area contributed by atoms with Gasteiger partial charge in [-0.25, -0.2) is 4.98 Å². The van der Waals surface area contributed by atoms with Gasteiger partial charge >= 0.3 is 0 Å². The lowest BCUT2D eigenvalue weighted by atomic mass is 10.5.